The lowest BCUT2D eigenvalue weighted by Crippen LogP contribution is -2.30. The summed E-state index contributed by atoms with van der Waals surface area (Å²) in [4.78, 5) is 13.8. The molecule has 0 aliphatic heterocycles. The second-order valence-electron chi connectivity index (χ2n) is 5.04. The number of rotatable bonds is 5. The van der Waals surface area contributed by atoms with E-state index in [1.54, 1.807) is 11.9 Å². The fourth-order valence-corrected chi connectivity index (χ4v) is 3.19. The summed E-state index contributed by atoms with van der Waals surface area (Å²) in [6, 6.07) is 7.96. The zero-order valence-electron chi connectivity index (χ0n) is 12.4. The number of hydrogen-bond donors (Lipinski definition) is 0. The van der Waals surface area contributed by atoms with Gasteiger partial charge in [0, 0.05) is 12.4 Å². The number of hydrogen-bond acceptors (Lipinski definition) is 3. The summed E-state index contributed by atoms with van der Waals surface area (Å²) in [5.74, 6) is 0.868. The SMILES string of the molecule is Cc1cc(C)cc(OCCN(C)C(=O)c2csc(Br)c2)c1. The first-order valence-electron chi connectivity index (χ1n) is 6.66. The molecule has 1 amide bonds. The lowest BCUT2D eigenvalue weighted by Gasteiger charge is -2.17. The highest BCUT2D eigenvalue weighted by molar-refractivity contribution is 9.11. The van der Waals surface area contributed by atoms with Gasteiger partial charge in [0.05, 0.1) is 15.9 Å². The Balaban J connectivity index is 1.86. The number of carbonyl (C=O) groups excluding carboxylic acids is 1. The van der Waals surface area contributed by atoms with E-state index in [0.29, 0.717) is 18.7 Å². The van der Waals surface area contributed by atoms with Crippen molar-refractivity contribution in [2.24, 2.45) is 0 Å². The standard InChI is InChI=1S/C16H18BrNO2S/c1-11-6-12(2)8-14(7-11)20-5-4-18(3)16(19)13-9-15(17)21-10-13/h6-10H,4-5H2,1-3H3. The number of carbonyl (C=O) groups is 1. The van der Waals surface area contributed by atoms with Gasteiger partial charge in [0.2, 0.25) is 0 Å². The molecule has 1 heterocycles. The van der Waals surface area contributed by atoms with Gasteiger partial charge in [0.15, 0.2) is 0 Å². The summed E-state index contributed by atoms with van der Waals surface area (Å²) in [7, 11) is 1.79. The van der Waals surface area contributed by atoms with Crippen LogP contribution >= 0.6 is 27.3 Å². The highest BCUT2D eigenvalue weighted by Gasteiger charge is 2.13. The summed E-state index contributed by atoms with van der Waals surface area (Å²) in [5, 5.41) is 1.85. The zero-order valence-corrected chi connectivity index (χ0v) is 14.8. The molecule has 0 bridgehead atoms. The van der Waals surface area contributed by atoms with Gasteiger partial charge in [-0.2, -0.15) is 0 Å². The minimum absolute atomic E-state index is 0.0148. The van der Waals surface area contributed by atoms with Gasteiger partial charge < -0.3 is 9.64 Å². The van der Waals surface area contributed by atoms with Gasteiger partial charge in [-0.25, -0.2) is 0 Å². The van der Waals surface area contributed by atoms with E-state index in [9.17, 15) is 4.79 Å². The van der Waals surface area contributed by atoms with Gasteiger partial charge in [0.25, 0.3) is 5.91 Å². The molecule has 3 nitrogen and oxygen atoms in total. The molecule has 0 radical (unpaired) electrons. The average Bonchev–Trinajstić information content (AvgIpc) is 2.83. The Kier molecular flexibility index (Phi) is 5.42. The maximum Gasteiger partial charge on any atom is 0.254 e. The number of amides is 1. The molecule has 0 unspecified atom stereocenters. The van der Waals surface area contributed by atoms with Gasteiger partial charge in [-0.05, 0) is 59.1 Å². The molecule has 21 heavy (non-hydrogen) atoms. The Morgan fingerprint density at radius 3 is 2.48 bits per heavy atom. The van der Waals surface area contributed by atoms with Gasteiger partial charge in [0.1, 0.15) is 12.4 Å². The Morgan fingerprint density at radius 2 is 1.90 bits per heavy atom. The van der Waals surface area contributed by atoms with Crippen molar-refractivity contribution in [3.05, 3.63) is 50.1 Å². The third kappa shape index (κ3) is 4.58. The minimum Gasteiger partial charge on any atom is -0.492 e. The summed E-state index contributed by atoms with van der Waals surface area (Å²) in [6.45, 7) is 5.13. The molecule has 0 aliphatic rings. The smallest absolute Gasteiger partial charge is 0.254 e. The molecule has 0 spiro atoms. The fourth-order valence-electron chi connectivity index (χ4n) is 2.06. The quantitative estimate of drug-likeness (QED) is 0.789. The van der Waals surface area contributed by atoms with Crippen molar-refractivity contribution in [1.82, 2.24) is 4.90 Å². The molecule has 2 rings (SSSR count). The van der Waals surface area contributed by atoms with Crippen molar-refractivity contribution < 1.29 is 9.53 Å². The number of thiophene rings is 1. The normalized spacial score (nSPS) is 10.5. The largest absolute Gasteiger partial charge is 0.492 e. The molecule has 2 aromatic rings. The van der Waals surface area contributed by atoms with Crippen LogP contribution < -0.4 is 4.74 Å². The van der Waals surface area contributed by atoms with Crippen LogP contribution in [-0.2, 0) is 0 Å². The number of halogens is 1. The molecule has 1 aromatic carbocycles. The van der Waals surface area contributed by atoms with Crippen molar-refractivity contribution in [2.75, 3.05) is 20.2 Å². The van der Waals surface area contributed by atoms with E-state index in [1.807, 2.05) is 37.4 Å². The number of nitrogens with zero attached hydrogens (tertiary/aromatic N) is 1. The van der Waals surface area contributed by atoms with E-state index in [1.165, 1.54) is 22.5 Å². The fraction of sp³-hybridized carbons (Fsp3) is 0.312. The molecule has 0 N–H and O–H groups in total. The van der Waals surface area contributed by atoms with Gasteiger partial charge in [-0.3, -0.25) is 4.79 Å². The summed E-state index contributed by atoms with van der Waals surface area (Å²) < 4.78 is 6.69. The monoisotopic (exact) mass is 367 g/mol. The molecule has 0 saturated heterocycles. The third-order valence-electron chi connectivity index (χ3n) is 3.05. The first-order valence-corrected chi connectivity index (χ1v) is 8.33. The first-order chi connectivity index (χ1) is 9.95. The van der Waals surface area contributed by atoms with Crippen molar-refractivity contribution in [1.29, 1.82) is 0 Å². The van der Waals surface area contributed by atoms with Crippen LogP contribution in [0.5, 0.6) is 5.75 Å². The van der Waals surface area contributed by atoms with Gasteiger partial charge in [-0.1, -0.05) is 6.07 Å². The lowest BCUT2D eigenvalue weighted by molar-refractivity contribution is 0.0774. The number of ether oxygens (including phenoxy) is 1. The lowest BCUT2D eigenvalue weighted by atomic mass is 10.1. The van der Waals surface area contributed by atoms with Crippen LogP contribution in [0, 0.1) is 13.8 Å². The first kappa shape index (κ1) is 16.0. The number of benzene rings is 1. The Bertz CT molecular complexity index is 619. The topological polar surface area (TPSA) is 29.5 Å². The molecule has 0 aliphatic carbocycles. The van der Waals surface area contributed by atoms with Crippen LogP contribution in [-0.4, -0.2) is 31.0 Å². The predicted molar refractivity (Wildman–Crippen MR) is 90.4 cm³/mol. The van der Waals surface area contributed by atoms with Crippen LogP contribution in [0.2, 0.25) is 0 Å². The van der Waals surface area contributed by atoms with E-state index in [-0.39, 0.29) is 5.91 Å². The highest BCUT2D eigenvalue weighted by atomic mass is 79.9. The summed E-state index contributed by atoms with van der Waals surface area (Å²) >= 11 is 4.88. The van der Waals surface area contributed by atoms with Crippen molar-refractivity contribution >= 4 is 33.2 Å². The third-order valence-corrected chi connectivity index (χ3v) is 4.56. The average molecular weight is 368 g/mol. The van der Waals surface area contributed by atoms with Crippen LogP contribution in [0.3, 0.4) is 0 Å². The predicted octanol–water partition coefficient (Wildman–Crippen LogP) is 4.28. The Morgan fingerprint density at radius 1 is 1.24 bits per heavy atom. The van der Waals surface area contributed by atoms with Crippen LogP contribution in [0.25, 0.3) is 0 Å². The minimum atomic E-state index is 0.0148. The second kappa shape index (κ2) is 7.09. The van der Waals surface area contributed by atoms with Crippen molar-refractivity contribution in [3.8, 4) is 5.75 Å². The van der Waals surface area contributed by atoms with E-state index < -0.39 is 0 Å². The van der Waals surface area contributed by atoms with Crippen LogP contribution in [0.1, 0.15) is 21.5 Å². The highest BCUT2D eigenvalue weighted by Crippen LogP contribution is 2.21. The van der Waals surface area contributed by atoms with Gasteiger partial charge in [-0.15, -0.1) is 11.3 Å². The molecular formula is C16H18BrNO2S. The van der Waals surface area contributed by atoms with Crippen LogP contribution in [0.4, 0.5) is 0 Å². The molecule has 5 heteroatoms. The Labute approximate surface area is 137 Å². The number of aryl methyl sites for hydroxylation is 2. The van der Waals surface area contributed by atoms with Crippen molar-refractivity contribution in [2.45, 2.75) is 13.8 Å². The van der Waals surface area contributed by atoms with E-state index >= 15 is 0 Å². The Hall–Kier alpha value is -1.33. The second-order valence-corrected chi connectivity index (χ2v) is 7.33. The molecular weight excluding hydrogens is 350 g/mol. The maximum absolute atomic E-state index is 12.2. The summed E-state index contributed by atoms with van der Waals surface area (Å²) in [5.41, 5.74) is 3.07. The van der Waals surface area contributed by atoms with E-state index in [4.69, 9.17) is 4.74 Å². The molecule has 112 valence electrons. The van der Waals surface area contributed by atoms with E-state index in [2.05, 4.69) is 22.0 Å². The van der Waals surface area contributed by atoms with Crippen LogP contribution in [0.15, 0.2) is 33.4 Å². The zero-order chi connectivity index (χ0) is 15.4. The number of likely N-dealkylation sites (N-methyl/N-ethyl adjacent to an activating group) is 1. The van der Waals surface area contributed by atoms with Gasteiger partial charge >= 0.3 is 0 Å². The molecule has 1 aromatic heterocycles. The summed E-state index contributed by atoms with van der Waals surface area (Å²) in [6.07, 6.45) is 0. The molecule has 0 saturated carbocycles. The van der Waals surface area contributed by atoms with Crippen molar-refractivity contribution in [3.63, 3.8) is 0 Å². The maximum atomic E-state index is 12.2. The molecule has 0 fully saturated rings. The molecule has 0 atom stereocenters. The van der Waals surface area contributed by atoms with E-state index in [0.717, 1.165) is 9.54 Å².